The maximum atomic E-state index is 12.7. The van der Waals surface area contributed by atoms with Crippen LogP contribution in [-0.2, 0) is 30.0 Å². The summed E-state index contributed by atoms with van der Waals surface area (Å²) in [5, 5.41) is 0.337. The SMILES string of the molecule is CC[C@H]1O[C@@H](SSc2ccc(C(F)(F)F)cn2)[C@H](OC(C)=O)[C@@H](OC(C)=O)[C@@H]1C. The zero-order valence-electron chi connectivity index (χ0n) is 16.3. The number of ether oxygens (including phenoxy) is 3. The van der Waals surface area contributed by atoms with E-state index in [0.717, 1.165) is 33.9 Å². The molecule has 0 aliphatic carbocycles. The van der Waals surface area contributed by atoms with Crippen molar-refractivity contribution in [2.24, 2.45) is 5.92 Å². The minimum absolute atomic E-state index is 0.209. The molecule has 2 rings (SSSR count). The highest BCUT2D eigenvalue weighted by molar-refractivity contribution is 8.76. The van der Waals surface area contributed by atoms with Gasteiger partial charge in [-0.1, -0.05) is 24.6 Å². The fraction of sp³-hybridized carbons (Fsp3) is 0.611. The fourth-order valence-electron chi connectivity index (χ4n) is 2.96. The second-order valence-corrected chi connectivity index (χ2v) is 8.84. The Morgan fingerprint density at radius 1 is 1.17 bits per heavy atom. The van der Waals surface area contributed by atoms with Crippen LogP contribution in [0.2, 0.25) is 0 Å². The number of carbonyl (C=O) groups is 2. The van der Waals surface area contributed by atoms with Gasteiger partial charge >= 0.3 is 18.1 Å². The molecule has 0 radical (unpaired) electrons. The van der Waals surface area contributed by atoms with Crippen molar-refractivity contribution in [1.82, 2.24) is 4.98 Å². The first-order valence-electron chi connectivity index (χ1n) is 8.89. The Hall–Kier alpha value is -1.46. The van der Waals surface area contributed by atoms with Gasteiger partial charge < -0.3 is 14.2 Å². The van der Waals surface area contributed by atoms with Crippen molar-refractivity contribution in [3.05, 3.63) is 23.9 Å². The van der Waals surface area contributed by atoms with E-state index in [0.29, 0.717) is 11.4 Å². The molecule has 0 unspecified atom stereocenters. The summed E-state index contributed by atoms with van der Waals surface area (Å²) in [4.78, 5) is 27.0. The Kier molecular flexibility index (Phi) is 8.24. The first kappa shape index (κ1) is 23.8. The van der Waals surface area contributed by atoms with Crippen LogP contribution in [0.5, 0.6) is 0 Å². The van der Waals surface area contributed by atoms with Crippen LogP contribution in [0.1, 0.15) is 39.7 Å². The fourth-order valence-corrected chi connectivity index (χ4v) is 5.22. The average molecular weight is 454 g/mol. The third-order valence-electron chi connectivity index (χ3n) is 4.30. The zero-order valence-corrected chi connectivity index (χ0v) is 17.9. The molecule has 1 fully saturated rings. The number of halogens is 3. The number of esters is 2. The van der Waals surface area contributed by atoms with Crippen LogP contribution in [-0.4, -0.2) is 40.7 Å². The van der Waals surface area contributed by atoms with Gasteiger partial charge in [-0.15, -0.1) is 0 Å². The van der Waals surface area contributed by atoms with Gasteiger partial charge in [0.2, 0.25) is 0 Å². The van der Waals surface area contributed by atoms with Gasteiger partial charge in [0, 0.05) is 26.0 Å². The number of aromatic nitrogens is 1. The largest absolute Gasteiger partial charge is 0.458 e. The predicted molar refractivity (Wildman–Crippen MR) is 102 cm³/mol. The Morgan fingerprint density at radius 3 is 2.28 bits per heavy atom. The van der Waals surface area contributed by atoms with E-state index >= 15 is 0 Å². The van der Waals surface area contributed by atoms with Crippen LogP contribution >= 0.6 is 21.6 Å². The van der Waals surface area contributed by atoms with E-state index in [1.807, 2.05) is 13.8 Å². The zero-order chi connectivity index (χ0) is 21.8. The summed E-state index contributed by atoms with van der Waals surface area (Å²) in [5.74, 6) is -1.27. The van der Waals surface area contributed by atoms with Crippen molar-refractivity contribution in [3.63, 3.8) is 0 Å². The molecule has 2 heterocycles. The summed E-state index contributed by atoms with van der Waals surface area (Å²) in [6.07, 6.45) is -4.86. The molecule has 29 heavy (non-hydrogen) atoms. The lowest BCUT2D eigenvalue weighted by Gasteiger charge is -2.43. The van der Waals surface area contributed by atoms with E-state index in [1.54, 1.807) is 0 Å². The third-order valence-corrected chi connectivity index (χ3v) is 6.75. The minimum atomic E-state index is -4.46. The third kappa shape index (κ3) is 6.51. The quantitative estimate of drug-likeness (QED) is 0.461. The van der Waals surface area contributed by atoms with Crippen molar-refractivity contribution in [2.75, 3.05) is 0 Å². The lowest BCUT2D eigenvalue weighted by atomic mass is 9.89. The van der Waals surface area contributed by atoms with Crippen molar-refractivity contribution in [1.29, 1.82) is 0 Å². The van der Waals surface area contributed by atoms with Crippen molar-refractivity contribution in [2.45, 2.75) is 69.1 Å². The lowest BCUT2D eigenvalue weighted by molar-refractivity contribution is -0.206. The maximum Gasteiger partial charge on any atom is 0.417 e. The number of rotatable bonds is 6. The summed E-state index contributed by atoms with van der Waals surface area (Å²) in [7, 11) is 2.24. The molecule has 1 saturated heterocycles. The van der Waals surface area contributed by atoms with Crippen LogP contribution in [0, 0.1) is 5.92 Å². The lowest BCUT2D eigenvalue weighted by Crippen LogP contribution is -2.55. The number of hydrogen-bond acceptors (Lipinski definition) is 8. The standard InChI is InChI=1S/C18H22F3NO5S2/c1-5-13-9(2)15(25-10(3)23)16(26-11(4)24)17(27-13)29-28-14-7-6-12(8-22-14)18(19,20)21/h6-9,13,15-17H,5H2,1-4H3/t9-,13-,15+,16-,17+/m1/s1. The molecule has 0 saturated carbocycles. The number of alkyl halides is 3. The molecule has 1 aliphatic rings. The maximum absolute atomic E-state index is 12.7. The summed E-state index contributed by atoms with van der Waals surface area (Å²) in [6, 6.07) is 2.20. The first-order chi connectivity index (χ1) is 13.5. The molecule has 6 nitrogen and oxygen atoms in total. The Morgan fingerprint density at radius 2 is 1.79 bits per heavy atom. The molecule has 1 aromatic rings. The van der Waals surface area contributed by atoms with Gasteiger partial charge in [-0.2, -0.15) is 13.2 Å². The average Bonchev–Trinajstić information content (AvgIpc) is 2.63. The van der Waals surface area contributed by atoms with Crippen LogP contribution in [0.15, 0.2) is 23.4 Å². The normalized spacial score (nSPS) is 27.3. The van der Waals surface area contributed by atoms with E-state index in [9.17, 15) is 22.8 Å². The molecule has 162 valence electrons. The molecule has 0 bridgehead atoms. The van der Waals surface area contributed by atoms with Gasteiger partial charge in [-0.25, -0.2) is 4.98 Å². The van der Waals surface area contributed by atoms with Crippen LogP contribution in [0.25, 0.3) is 0 Å². The van der Waals surface area contributed by atoms with Crippen molar-refractivity contribution < 1.29 is 37.0 Å². The highest BCUT2D eigenvalue weighted by Crippen LogP contribution is 2.43. The number of nitrogens with zero attached hydrogens (tertiary/aromatic N) is 1. The molecule has 1 aromatic heterocycles. The Labute approximate surface area is 174 Å². The van der Waals surface area contributed by atoms with E-state index in [-0.39, 0.29) is 12.0 Å². The number of carbonyl (C=O) groups excluding carboxylic acids is 2. The van der Waals surface area contributed by atoms with Gasteiger partial charge in [-0.3, -0.25) is 9.59 Å². The molecule has 11 heteroatoms. The second kappa shape index (κ2) is 10.0. The molecule has 1 aliphatic heterocycles. The second-order valence-electron chi connectivity index (χ2n) is 6.52. The van der Waals surface area contributed by atoms with E-state index in [2.05, 4.69) is 4.98 Å². The van der Waals surface area contributed by atoms with Crippen LogP contribution in [0.4, 0.5) is 13.2 Å². The van der Waals surface area contributed by atoms with Gasteiger partial charge in [0.1, 0.15) is 11.1 Å². The predicted octanol–water partition coefficient (Wildman–Crippen LogP) is 4.48. The molecule has 0 amide bonds. The Bertz CT molecular complexity index is 716. The van der Waals surface area contributed by atoms with E-state index in [1.165, 1.54) is 19.9 Å². The summed E-state index contributed by atoms with van der Waals surface area (Å²) in [5.41, 5.74) is -1.54. The van der Waals surface area contributed by atoms with Crippen LogP contribution in [0.3, 0.4) is 0 Å². The number of pyridine rings is 1. The monoisotopic (exact) mass is 453 g/mol. The Balaban J connectivity index is 2.17. The van der Waals surface area contributed by atoms with E-state index < -0.39 is 41.3 Å². The molecular formula is C18H22F3NO5S2. The highest BCUT2D eigenvalue weighted by Gasteiger charge is 2.47. The first-order valence-corrected chi connectivity index (χ1v) is 11.1. The number of hydrogen-bond donors (Lipinski definition) is 0. The molecule has 5 atom stereocenters. The van der Waals surface area contributed by atoms with Gasteiger partial charge in [-0.05, 0) is 29.3 Å². The topological polar surface area (TPSA) is 74.7 Å². The molecule has 0 aromatic carbocycles. The summed E-state index contributed by atoms with van der Waals surface area (Å²) < 4.78 is 54.9. The highest BCUT2D eigenvalue weighted by atomic mass is 33.1. The molecule has 0 spiro atoms. The van der Waals surface area contributed by atoms with Gasteiger partial charge in [0.25, 0.3) is 0 Å². The van der Waals surface area contributed by atoms with Crippen LogP contribution < -0.4 is 0 Å². The van der Waals surface area contributed by atoms with Gasteiger partial charge in [0.05, 0.1) is 11.7 Å². The minimum Gasteiger partial charge on any atom is -0.458 e. The molecular weight excluding hydrogens is 431 g/mol. The van der Waals surface area contributed by atoms with Gasteiger partial charge in [0.15, 0.2) is 11.5 Å². The van der Waals surface area contributed by atoms with E-state index in [4.69, 9.17) is 14.2 Å². The van der Waals surface area contributed by atoms with Crippen molar-refractivity contribution >= 4 is 33.5 Å². The van der Waals surface area contributed by atoms with Crippen molar-refractivity contribution in [3.8, 4) is 0 Å². The summed E-state index contributed by atoms with van der Waals surface area (Å²) in [6.45, 7) is 6.29. The summed E-state index contributed by atoms with van der Waals surface area (Å²) >= 11 is 0. The smallest absolute Gasteiger partial charge is 0.417 e. The molecule has 0 N–H and O–H groups in total.